The third kappa shape index (κ3) is 3.01. The number of fused-ring (bicyclic) bond motifs is 2. The average Bonchev–Trinajstić information content (AvgIpc) is 2.19. The van der Waals surface area contributed by atoms with Crippen molar-refractivity contribution in [1.82, 2.24) is 4.90 Å². The molecule has 0 aromatic carbocycles. The molecular weight excluding hydrogens is 190 g/mol. The molecule has 3 atom stereocenters. The zero-order valence-corrected chi connectivity index (χ0v) is 9.48. The SMILES string of the molecule is CCCC1CC2C=CC1N(C)C2.O=C=O. The number of carbonyl (C=O) groups excluding carboxylic acids is 2. The van der Waals surface area contributed by atoms with Crippen molar-refractivity contribution in [3.05, 3.63) is 12.2 Å². The van der Waals surface area contributed by atoms with E-state index in [2.05, 4.69) is 31.0 Å². The van der Waals surface area contributed by atoms with Crippen LogP contribution in [0.5, 0.6) is 0 Å². The topological polar surface area (TPSA) is 37.4 Å². The minimum atomic E-state index is 0.250. The molecule has 1 fully saturated rings. The van der Waals surface area contributed by atoms with Gasteiger partial charge in [-0.05, 0) is 31.7 Å². The first-order valence-electron chi connectivity index (χ1n) is 5.60. The molecule has 3 heteroatoms. The molecule has 0 saturated carbocycles. The van der Waals surface area contributed by atoms with Crippen LogP contribution in [-0.2, 0) is 9.59 Å². The number of piperidine rings is 1. The van der Waals surface area contributed by atoms with Crippen molar-refractivity contribution in [2.24, 2.45) is 11.8 Å². The van der Waals surface area contributed by atoms with Gasteiger partial charge < -0.3 is 0 Å². The molecule has 84 valence electrons. The van der Waals surface area contributed by atoms with E-state index in [0.29, 0.717) is 0 Å². The first-order valence-corrected chi connectivity index (χ1v) is 5.60. The molecule has 15 heavy (non-hydrogen) atoms. The molecule has 2 aliphatic heterocycles. The fraction of sp³-hybridized carbons (Fsp3) is 0.750. The van der Waals surface area contributed by atoms with Gasteiger partial charge in [0, 0.05) is 12.6 Å². The van der Waals surface area contributed by atoms with Crippen molar-refractivity contribution in [3.63, 3.8) is 0 Å². The maximum atomic E-state index is 8.12. The lowest BCUT2D eigenvalue weighted by molar-refractivity contribution is -0.191. The molecule has 0 N–H and O–H groups in total. The van der Waals surface area contributed by atoms with Gasteiger partial charge in [-0.2, -0.15) is 9.59 Å². The molecule has 2 heterocycles. The minimum Gasteiger partial charge on any atom is -0.299 e. The molecule has 0 amide bonds. The standard InChI is InChI=1S/C11H19N.CO2/c1-3-4-10-7-9-5-6-11(10)12(2)8-9;2-1-3/h5-6,9-11H,3-4,7-8H2,1-2H3;. The molecule has 0 spiro atoms. The van der Waals surface area contributed by atoms with Crippen LogP contribution >= 0.6 is 0 Å². The fourth-order valence-corrected chi connectivity index (χ4v) is 2.83. The summed E-state index contributed by atoms with van der Waals surface area (Å²) in [5.41, 5.74) is 0. The van der Waals surface area contributed by atoms with Crippen LogP contribution in [-0.4, -0.2) is 30.7 Å². The van der Waals surface area contributed by atoms with Crippen molar-refractivity contribution >= 4 is 6.15 Å². The Balaban J connectivity index is 0.000000337. The number of hydrogen-bond acceptors (Lipinski definition) is 3. The highest BCUT2D eigenvalue weighted by Crippen LogP contribution is 2.35. The summed E-state index contributed by atoms with van der Waals surface area (Å²) in [5.74, 6) is 1.81. The smallest absolute Gasteiger partial charge is 0.299 e. The van der Waals surface area contributed by atoms with Gasteiger partial charge in [0.15, 0.2) is 0 Å². The normalized spacial score (nSPS) is 33.1. The summed E-state index contributed by atoms with van der Waals surface area (Å²) >= 11 is 0. The van der Waals surface area contributed by atoms with Crippen LogP contribution in [0.15, 0.2) is 12.2 Å². The van der Waals surface area contributed by atoms with Gasteiger partial charge in [-0.3, -0.25) is 4.90 Å². The molecule has 0 aromatic heterocycles. The average molecular weight is 209 g/mol. The van der Waals surface area contributed by atoms with Crippen LogP contribution in [0, 0.1) is 11.8 Å². The highest BCUT2D eigenvalue weighted by atomic mass is 16.2. The first kappa shape index (κ1) is 12.2. The van der Waals surface area contributed by atoms with E-state index in [1.54, 1.807) is 0 Å². The summed E-state index contributed by atoms with van der Waals surface area (Å²) in [6.45, 7) is 3.59. The molecule has 1 aliphatic carbocycles. The predicted molar refractivity (Wildman–Crippen MR) is 57.1 cm³/mol. The Labute approximate surface area is 91.1 Å². The zero-order chi connectivity index (χ0) is 11.3. The Hall–Kier alpha value is -0.920. The Morgan fingerprint density at radius 3 is 2.53 bits per heavy atom. The third-order valence-electron chi connectivity index (χ3n) is 3.36. The van der Waals surface area contributed by atoms with Crippen molar-refractivity contribution in [1.29, 1.82) is 0 Å². The highest BCUT2D eigenvalue weighted by Gasteiger charge is 2.34. The van der Waals surface area contributed by atoms with Gasteiger partial charge in [-0.15, -0.1) is 0 Å². The van der Waals surface area contributed by atoms with Crippen LogP contribution in [0.25, 0.3) is 0 Å². The molecular formula is C12H19NO2. The van der Waals surface area contributed by atoms with Gasteiger partial charge >= 0.3 is 6.15 Å². The maximum Gasteiger partial charge on any atom is 0.373 e. The second kappa shape index (κ2) is 5.84. The van der Waals surface area contributed by atoms with E-state index in [4.69, 9.17) is 9.59 Å². The number of likely N-dealkylation sites (N-methyl/N-ethyl adjacent to an activating group) is 1. The monoisotopic (exact) mass is 209 g/mol. The number of nitrogens with zero attached hydrogens (tertiary/aromatic N) is 1. The van der Waals surface area contributed by atoms with Gasteiger partial charge in [0.25, 0.3) is 0 Å². The highest BCUT2D eigenvalue weighted by molar-refractivity contribution is 5.20. The van der Waals surface area contributed by atoms with E-state index >= 15 is 0 Å². The summed E-state index contributed by atoms with van der Waals surface area (Å²) in [7, 11) is 2.27. The predicted octanol–water partition coefficient (Wildman–Crippen LogP) is 1.71. The van der Waals surface area contributed by atoms with Crippen LogP contribution in [0.3, 0.4) is 0 Å². The van der Waals surface area contributed by atoms with E-state index in [0.717, 1.165) is 17.9 Å². The molecule has 0 radical (unpaired) electrons. The van der Waals surface area contributed by atoms with Gasteiger partial charge in [0.2, 0.25) is 0 Å². The quantitative estimate of drug-likeness (QED) is 0.650. The lowest BCUT2D eigenvalue weighted by Gasteiger charge is -2.44. The molecule has 3 nitrogen and oxygen atoms in total. The Morgan fingerprint density at radius 2 is 2.07 bits per heavy atom. The Kier molecular flexibility index (Phi) is 4.73. The fourth-order valence-electron chi connectivity index (χ4n) is 2.83. The van der Waals surface area contributed by atoms with Crippen LogP contribution in [0.2, 0.25) is 0 Å². The summed E-state index contributed by atoms with van der Waals surface area (Å²) in [6, 6.07) is 0.759. The number of rotatable bonds is 2. The minimum absolute atomic E-state index is 0.250. The lowest BCUT2D eigenvalue weighted by Crippen LogP contribution is -2.48. The molecule has 2 bridgehead atoms. The molecule has 3 aliphatic rings. The van der Waals surface area contributed by atoms with Crippen LogP contribution < -0.4 is 0 Å². The van der Waals surface area contributed by atoms with E-state index in [1.165, 1.54) is 25.8 Å². The van der Waals surface area contributed by atoms with E-state index in [-0.39, 0.29) is 6.15 Å². The van der Waals surface area contributed by atoms with Crippen LogP contribution in [0.4, 0.5) is 0 Å². The zero-order valence-electron chi connectivity index (χ0n) is 9.48. The van der Waals surface area contributed by atoms with Crippen molar-refractivity contribution < 1.29 is 9.59 Å². The summed E-state index contributed by atoms with van der Waals surface area (Å²) in [5, 5.41) is 0. The summed E-state index contributed by atoms with van der Waals surface area (Å²) < 4.78 is 0. The maximum absolute atomic E-state index is 8.12. The lowest BCUT2D eigenvalue weighted by atomic mass is 9.76. The van der Waals surface area contributed by atoms with Gasteiger partial charge in [0.05, 0.1) is 0 Å². The van der Waals surface area contributed by atoms with Gasteiger partial charge in [0.1, 0.15) is 0 Å². The van der Waals surface area contributed by atoms with E-state index in [1.807, 2.05) is 0 Å². The van der Waals surface area contributed by atoms with Gasteiger partial charge in [-0.1, -0.05) is 25.5 Å². The molecule has 0 aromatic rings. The Morgan fingerprint density at radius 1 is 1.40 bits per heavy atom. The van der Waals surface area contributed by atoms with E-state index < -0.39 is 0 Å². The Bertz CT molecular complexity index is 256. The molecule has 3 unspecified atom stereocenters. The summed E-state index contributed by atoms with van der Waals surface area (Å²) in [4.78, 5) is 18.8. The van der Waals surface area contributed by atoms with Gasteiger partial charge in [-0.25, -0.2) is 0 Å². The molecule has 3 rings (SSSR count). The second-order valence-corrected chi connectivity index (χ2v) is 4.44. The molecule has 1 saturated heterocycles. The second-order valence-electron chi connectivity index (χ2n) is 4.44. The third-order valence-corrected chi connectivity index (χ3v) is 3.36. The number of hydrogen-bond donors (Lipinski definition) is 0. The van der Waals surface area contributed by atoms with Crippen molar-refractivity contribution in [2.75, 3.05) is 13.6 Å². The first-order chi connectivity index (χ1) is 7.22. The van der Waals surface area contributed by atoms with E-state index in [9.17, 15) is 0 Å². The van der Waals surface area contributed by atoms with Crippen LogP contribution in [0.1, 0.15) is 26.2 Å². The summed E-state index contributed by atoms with van der Waals surface area (Å²) in [6.07, 6.45) is 9.31. The largest absolute Gasteiger partial charge is 0.373 e. The van der Waals surface area contributed by atoms with Crippen molar-refractivity contribution in [3.8, 4) is 0 Å². The van der Waals surface area contributed by atoms with Crippen molar-refractivity contribution in [2.45, 2.75) is 32.2 Å².